The molecule has 3 heteroatoms. The molecule has 1 heterocycles. The molecule has 1 atom stereocenters. The first-order chi connectivity index (χ1) is 9.49. The molecule has 0 aliphatic heterocycles. The standard InChI is InChI=1S/C17H21NO2/c1-10-7-11(2)16-14(8-10)18(3)13-6-4-5-12(17(13)16)9-15(19)20/h7-8,12H,4-6,9H2,1-3H3,(H,19,20). The Balaban J connectivity index is 2.29. The third-order valence-electron chi connectivity index (χ3n) is 4.60. The van der Waals surface area contributed by atoms with Gasteiger partial charge in [0.05, 0.1) is 6.42 Å². The van der Waals surface area contributed by atoms with Gasteiger partial charge in [-0.15, -0.1) is 0 Å². The third-order valence-corrected chi connectivity index (χ3v) is 4.60. The maximum atomic E-state index is 11.2. The largest absolute Gasteiger partial charge is 0.481 e. The molecule has 0 fully saturated rings. The minimum Gasteiger partial charge on any atom is -0.481 e. The van der Waals surface area contributed by atoms with Gasteiger partial charge in [-0.2, -0.15) is 0 Å². The number of fused-ring (bicyclic) bond motifs is 3. The van der Waals surface area contributed by atoms with Gasteiger partial charge < -0.3 is 9.67 Å². The molecule has 2 aromatic rings. The number of aliphatic carboxylic acids is 1. The number of carboxylic acids is 1. The lowest BCUT2D eigenvalue weighted by molar-refractivity contribution is -0.137. The maximum Gasteiger partial charge on any atom is 0.303 e. The van der Waals surface area contributed by atoms with Crippen LogP contribution in [0.25, 0.3) is 10.9 Å². The lowest BCUT2D eigenvalue weighted by Gasteiger charge is -2.23. The Morgan fingerprint density at radius 2 is 2.15 bits per heavy atom. The Hall–Kier alpha value is -1.77. The van der Waals surface area contributed by atoms with Crippen LogP contribution in [0.1, 0.15) is 47.6 Å². The summed E-state index contributed by atoms with van der Waals surface area (Å²) in [5.41, 5.74) is 6.43. The minimum absolute atomic E-state index is 0.168. The molecule has 0 saturated carbocycles. The van der Waals surface area contributed by atoms with Crippen molar-refractivity contribution in [3.8, 4) is 0 Å². The van der Waals surface area contributed by atoms with E-state index in [4.69, 9.17) is 0 Å². The van der Waals surface area contributed by atoms with Crippen molar-refractivity contribution in [2.24, 2.45) is 7.05 Å². The Morgan fingerprint density at radius 1 is 1.40 bits per heavy atom. The van der Waals surface area contributed by atoms with Crippen molar-refractivity contribution in [3.05, 3.63) is 34.5 Å². The van der Waals surface area contributed by atoms with E-state index in [2.05, 4.69) is 37.6 Å². The maximum absolute atomic E-state index is 11.2. The monoisotopic (exact) mass is 271 g/mol. The van der Waals surface area contributed by atoms with Gasteiger partial charge in [0.25, 0.3) is 0 Å². The summed E-state index contributed by atoms with van der Waals surface area (Å²) in [4.78, 5) is 11.2. The third kappa shape index (κ3) is 1.92. The van der Waals surface area contributed by atoms with Crippen molar-refractivity contribution in [3.63, 3.8) is 0 Å². The number of hydrogen-bond donors (Lipinski definition) is 1. The minimum atomic E-state index is -0.690. The van der Waals surface area contributed by atoms with Crippen molar-refractivity contribution in [1.29, 1.82) is 0 Å². The normalized spacial score (nSPS) is 18.2. The fraction of sp³-hybridized carbons (Fsp3) is 0.471. The number of nitrogens with zero attached hydrogens (tertiary/aromatic N) is 1. The first-order valence-electron chi connectivity index (χ1n) is 7.29. The average Bonchev–Trinajstić information content (AvgIpc) is 2.64. The Labute approximate surface area is 119 Å². The van der Waals surface area contributed by atoms with Gasteiger partial charge in [0.15, 0.2) is 0 Å². The molecule has 1 unspecified atom stereocenters. The number of carbonyl (C=O) groups is 1. The molecule has 3 nitrogen and oxygen atoms in total. The Morgan fingerprint density at radius 3 is 2.85 bits per heavy atom. The van der Waals surface area contributed by atoms with Gasteiger partial charge >= 0.3 is 5.97 Å². The zero-order valence-corrected chi connectivity index (χ0v) is 12.4. The molecule has 1 aliphatic carbocycles. The molecule has 0 amide bonds. The first kappa shape index (κ1) is 13.2. The molecule has 0 radical (unpaired) electrons. The van der Waals surface area contributed by atoms with Gasteiger partial charge in [-0.05, 0) is 61.8 Å². The van der Waals surface area contributed by atoms with Crippen molar-refractivity contribution < 1.29 is 9.90 Å². The van der Waals surface area contributed by atoms with Crippen molar-refractivity contribution >= 4 is 16.9 Å². The average molecular weight is 271 g/mol. The van der Waals surface area contributed by atoms with E-state index in [9.17, 15) is 9.90 Å². The second-order valence-electron chi connectivity index (χ2n) is 6.08. The van der Waals surface area contributed by atoms with Crippen LogP contribution < -0.4 is 0 Å². The molecule has 0 saturated heterocycles. The van der Waals surface area contributed by atoms with E-state index in [1.165, 1.54) is 33.3 Å². The highest BCUT2D eigenvalue weighted by Crippen LogP contribution is 2.41. The summed E-state index contributed by atoms with van der Waals surface area (Å²) in [6.45, 7) is 4.26. The molecule has 0 bridgehead atoms. The highest BCUT2D eigenvalue weighted by molar-refractivity contribution is 5.90. The van der Waals surface area contributed by atoms with Crippen molar-refractivity contribution in [2.75, 3.05) is 0 Å². The number of benzene rings is 1. The second-order valence-corrected chi connectivity index (χ2v) is 6.08. The zero-order chi connectivity index (χ0) is 14.4. The summed E-state index contributed by atoms with van der Waals surface area (Å²) >= 11 is 0. The smallest absolute Gasteiger partial charge is 0.303 e. The molecule has 1 aromatic carbocycles. The van der Waals surface area contributed by atoms with Crippen LogP contribution >= 0.6 is 0 Å². The Kier molecular flexibility index (Phi) is 3.08. The topological polar surface area (TPSA) is 42.2 Å². The molecule has 1 N–H and O–H groups in total. The SMILES string of the molecule is Cc1cc(C)c2c3c(n(C)c2c1)CCCC3CC(=O)O. The molecule has 3 rings (SSSR count). The highest BCUT2D eigenvalue weighted by Gasteiger charge is 2.28. The molecular formula is C17H21NO2. The van der Waals surface area contributed by atoms with E-state index in [1.54, 1.807) is 0 Å². The fourth-order valence-corrected chi connectivity index (χ4v) is 3.85. The van der Waals surface area contributed by atoms with Crippen LogP contribution in [0.3, 0.4) is 0 Å². The van der Waals surface area contributed by atoms with Crippen molar-refractivity contribution in [1.82, 2.24) is 4.57 Å². The number of aromatic nitrogens is 1. The Bertz CT molecular complexity index is 697. The molecule has 20 heavy (non-hydrogen) atoms. The van der Waals surface area contributed by atoms with Crippen LogP contribution in [0.2, 0.25) is 0 Å². The lowest BCUT2D eigenvalue weighted by Crippen LogP contribution is -2.14. The number of hydrogen-bond acceptors (Lipinski definition) is 1. The van der Waals surface area contributed by atoms with Crippen LogP contribution in [0, 0.1) is 13.8 Å². The predicted octanol–water partition coefficient (Wildman–Crippen LogP) is 3.69. The van der Waals surface area contributed by atoms with Gasteiger partial charge in [-0.25, -0.2) is 0 Å². The predicted molar refractivity (Wildman–Crippen MR) is 80.3 cm³/mol. The number of aryl methyl sites for hydroxylation is 3. The van der Waals surface area contributed by atoms with Gasteiger partial charge in [0.1, 0.15) is 0 Å². The quantitative estimate of drug-likeness (QED) is 0.905. The molecule has 0 spiro atoms. The summed E-state index contributed by atoms with van der Waals surface area (Å²) in [5, 5.41) is 10.5. The van der Waals surface area contributed by atoms with E-state index in [0.29, 0.717) is 0 Å². The summed E-state index contributed by atoms with van der Waals surface area (Å²) in [7, 11) is 2.11. The van der Waals surface area contributed by atoms with E-state index in [0.717, 1.165) is 19.3 Å². The summed E-state index contributed by atoms with van der Waals surface area (Å²) < 4.78 is 2.28. The highest BCUT2D eigenvalue weighted by atomic mass is 16.4. The summed E-state index contributed by atoms with van der Waals surface area (Å²) in [6.07, 6.45) is 3.40. The van der Waals surface area contributed by atoms with Gasteiger partial charge in [0.2, 0.25) is 0 Å². The van der Waals surface area contributed by atoms with Gasteiger partial charge in [0, 0.05) is 23.6 Å². The van der Waals surface area contributed by atoms with Crippen LogP contribution in [0.5, 0.6) is 0 Å². The fourth-order valence-electron chi connectivity index (χ4n) is 3.85. The van der Waals surface area contributed by atoms with Crippen LogP contribution in [-0.2, 0) is 18.3 Å². The molecular weight excluding hydrogens is 250 g/mol. The molecule has 106 valence electrons. The molecule has 1 aromatic heterocycles. The van der Waals surface area contributed by atoms with Crippen LogP contribution in [-0.4, -0.2) is 15.6 Å². The van der Waals surface area contributed by atoms with E-state index in [-0.39, 0.29) is 12.3 Å². The first-order valence-corrected chi connectivity index (χ1v) is 7.29. The summed E-state index contributed by atoms with van der Waals surface area (Å²) in [6, 6.07) is 4.42. The lowest BCUT2D eigenvalue weighted by atomic mass is 9.82. The number of rotatable bonds is 2. The molecule has 1 aliphatic rings. The summed E-state index contributed by atoms with van der Waals surface area (Å²) in [5.74, 6) is -0.522. The number of carboxylic acid groups (broad SMARTS) is 1. The second kappa shape index (κ2) is 4.65. The van der Waals surface area contributed by atoms with Crippen LogP contribution in [0.4, 0.5) is 0 Å². The van der Waals surface area contributed by atoms with E-state index >= 15 is 0 Å². The van der Waals surface area contributed by atoms with Gasteiger partial charge in [-0.1, -0.05) is 6.07 Å². The van der Waals surface area contributed by atoms with E-state index < -0.39 is 5.97 Å². The van der Waals surface area contributed by atoms with Crippen molar-refractivity contribution in [2.45, 2.75) is 45.4 Å². The van der Waals surface area contributed by atoms with Crippen LogP contribution in [0.15, 0.2) is 12.1 Å². The zero-order valence-electron chi connectivity index (χ0n) is 12.4. The van der Waals surface area contributed by atoms with Gasteiger partial charge in [-0.3, -0.25) is 4.79 Å². The van der Waals surface area contributed by atoms with E-state index in [1.807, 2.05) is 0 Å².